The Labute approximate surface area is 152 Å². The Bertz CT molecular complexity index is 888. The summed E-state index contributed by atoms with van der Waals surface area (Å²) >= 11 is 0. The number of carbonyl (C=O) groups is 1. The minimum atomic E-state index is -1.18. The van der Waals surface area contributed by atoms with Crippen LogP contribution in [0.5, 0.6) is 0 Å². The highest BCUT2D eigenvalue weighted by Crippen LogP contribution is 2.36. The average Bonchev–Trinajstić information content (AvgIpc) is 3.22. The summed E-state index contributed by atoms with van der Waals surface area (Å²) in [7, 11) is 1.58. The SMILES string of the molecule is CNC(=O)c1cccc(-c2ccc(C(O)(c3c[nH]cn3)C(C)C)cc2)n1. The monoisotopic (exact) mass is 350 g/mol. The number of aromatic amines is 1. The third-order valence-electron chi connectivity index (χ3n) is 4.55. The highest BCUT2D eigenvalue weighted by molar-refractivity contribution is 5.92. The Morgan fingerprint density at radius 1 is 1.19 bits per heavy atom. The summed E-state index contributed by atoms with van der Waals surface area (Å²) in [5.74, 6) is -0.289. The summed E-state index contributed by atoms with van der Waals surface area (Å²) in [4.78, 5) is 23.3. The molecule has 0 bridgehead atoms. The zero-order chi connectivity index (χ0) is 18.7. The zero-order valence-electron chi connectivity index (χ0n) is 15.0. The van der Waals surface area contributed by atoms with Gasteiger partial charge >= 0.3 is 0 Å². The van der Waals surface area contributed by atoms with E-state index in [9.17, 15) is 9.90 Å². The molecule has 134 valence electrons. The lowest BCUT2D eigenvalue weighted by Gasteiger charge is -2.31. The molecule has 0 aliphatic heterocycles. The quantitative estimate of drug-likeness (QED) is 0.660. The topological polar surface area (TPSA) is 90.9 Å². The molecule has 1 unspecified atom stereocenters. The van der Waals surface area contributed by atoms with Crippen molar-refractivity contribution in [2.45, 2.75) is 19.4 Å². The van der Waals surface area contributed by atoms with Crippen molar-refractivity contribution in [3.05, 3.63) is 71.9 Å². The number of benzene rings is 1. The molecular formula is C20H22N4O2. The van der Waals surface area contributed by atoms with Crippen molar-refractivity contribution in [3.8, 4) is 11.3 Å². The van der Waals surface area contributed by atoms with Gasteiger partial charge in [0.2, 0.25) is 0 Å². The fraction of sp³-hybridized carbons (Fsp3) is 0.250. The van der Waals surface area contributed by atoms with Crippen LogP contribution in [0.2, 0.25) is 0 Å². The van der Waals surface area contributed by atoms with Crippen molar-refractivity contribution >= 4 is 5.91 Å². The first-order chi connectivity index (χ1) is 12.5. The minimum absolute atomic E-state index is 0.0636. The third kappa shape index (κ3) is 3.11. The molecule has 0 radical (unpaired) electrons. The lowest BCUT2D eigenvalue weighted by Crippen LogP contribution is -2.33. The van der Waals surface area contributed by atoms with E-state index < -0.39 is 5.60 Å². The van der Waals surface area contributed by atoms with Gasteiger partial charge in [0.15, 0.2) is 0 Å². The van der Waals surface area contributed by atoms with Crippen LogP contribution in [-0.4, -0.2) is 33.0 Å². The van der Waals surface area contributed by atoms with E-state index in [1.807, 2.05) is 44.2 Å². The number of hydrogen-bond donors (Lipinski definition) is 3. The molecule has 0 fully saturated rings. The molecule has 0 aliphatic rings. The number of H-pyrrole nitrogens is 1. The molecule has 3 N–H and O–H groups in total. The molecule has 0 spiro atoms. The summed E-state index contributed by atoms with van der Waals surface area (Å²) in [6.07, 6.45) is 3.27. The number of nitrogens with zero attached hydrogens (tertiary/aromatic N) is 2. The summed E-state index contributed by atoms with van der Waals surface area (Å²) in [5, 5.41) is 13.9. The van der Waals surface area contributed by atoms with Crippen LogP contribution in [-0.2, 0) is 5.60 Å². The van der Waals surface area contributed by atoms with E-state index in [2.05, 4.69) is 20.3 Å². The molecule has 1 atom stereocenters. The van der Waals surface area contributed by atoms with Crippen LogP contribution in [0.4, 0.5) is 0 Å². The van der Waals surface area contributed by atoms with E-state index in [1.165, 1.54) is 0 Å². The van der Waals surface area contributed by atoms with E-state index in [0.717, 1.165) is 11.1 Å². The largest absolute Gasteiger partial charge is 0.378 e. The van der Waals surface area contributed by atoms with Crippen molar-refractivity contribution in [3.63, 3.8) is 0 Å². The van der Waals surface area contributed by atoms with Gasteiger partial charge < -0.3 is 15.4 Å². The van der Waals surface area contributed by atoms with Gasteiger partial charge in [0.25, 0.3) is 5.91 Å². The van der Waals surface area contributed by atoms with Crippen molar-refractivity contribution in [1.29, 1.82) is 0 Å². The van der Waals surface area contributed by atoms with E-state index >= 15 is 0 Å². The van der Waals surface area contributed by atoms with Crippen molar-refractivity contribution in [1.82, 2.24) is 20.3 Å². The molecule has 2 aromatic heterocycles. The van der Waals surface area contributed by atoms with Crippen LogP contribution in [0.3, 0.4) is 0 Å². The van der Waals surface area contributed by atoms with E-state index in [1.54, 1.807) is 31.7 Å². The minimum Gasteiger partial charge on any atom is -0.378 e. The van der Waals surface area contributed by atoms with Crippen LogP contribution in [0, 0.1) is 5.92 Å². The molecular weight excluding hydrogens is 328 g/mol. The van der Waals surface area contributed by atoms with E-state index in [-0.39, 0.29) is 11.8 Å². The fourth-order valence-corrected chi connectivity index (χ4v) is 2.99. The lowest BCUT2D eigenvalue weighted by molar-refractivity contribution is 0.0279. The molecule has 0 aliphatic carbocycles. The normalized spacial score (nSPS) is 13.4. The summed E-state index contributed by atoms with van der Waals surface area (Å²) < 4.78 is 0. The number of carbonyl (C=O) groups excluding carboxylic acids is 1. The van der Waals surface area contributed by atoms with Gasteiger partial charge in [0.1, 0.15) is 11.3 Å². The smallest absolute Gasteiger partial charge is 0.269 e. The van der Waals surface area contributed by atoms with Gasteiger partial charge in [-0.2, -0.15) is 0 Å². The molecule has 1 amide bonds. The maximum atomic E-state index is 11.8. The summed E-state index contributed by atoms with van der Waals surface area (Å²) in [6, 6.07) is 12.9. The predicted molar refractivity (Wildman–Crippen MR) is 99.5 cm³/mol. The van der Waals surface area contributed by atoms with Gasteiger partial charge in [-0.15, -0.1) is 0 Å². The number of rotatable bonds is 5. The number of pyridine rings is 1. The highest BCUT2D eigenvalue weighted by Gasteiger charge is 2.37. The van der Waals surface area contributed by atoms with Gasteiger partial charge in [-0.25, -0.2) is 9.97 Å². The number of imidazole rings is 1. The first-order valence-electron chi connectivity index (χ1n) is 8.48. The molecule has 2 heterocycles. The van der Waals surface area contributed by atoms with E-state index in [0.29, 0.717) is 17.1 Å². The van der Waals surface area contributed by atoms with Gasteiger partial charge in [-0.3, -0.25) is 4.79 Å². The van der Waals surface area contributed by atoms with Crippen LogP contribution < -0.4 is 5.32 Å². The number of hydrogen-bond acceptors (Lipinski definition) is 4. The van der Waals surface area contributed by atoms with Gasteiger partial charge in [0, 0.05) is 18.8 Å². The molecule has 6 heteroatoms. The fourth-order valence-electron chi connectivity index (χ4n) is 2.99. The Morgan fingerprint density at radius 3 is 2.50 bits per heavy atom. The predicted octanol–water partition coefficient (Wildman–Crippen LogP) is 2.72. The van der Waals surface area contributed by atoms with Crippen LogP contribution in [0.25, 0.3) is 11.3 Å². The summed E-state index contributed by atoms with van der Waals surface area (Å²) in [5.41, 5.74) is 2.09. The van der Waals surface area contributed by atoms with Gasteiger partial charge in [0.05, 0.1) is 17.7 Å². The standard InChI is InChI=1S/C20H22N4O2/c1-13(2)20(26,18-11-22-12-23-18)15-9-7-14(8-10-15)16-5-4-6-17(24-16)19(25)21-3/h4-13,26H,1-3H3,(H,21,25)(H,22,23). The first kappa shape index (κ1) is 17.8. The van der Waals surface area contributed by atoms with Crippen LogP contribution in [0.15, 0.2) is 55.0 Å². The molecule has 0 saturated carbocycles. The van der Waals surface area contributed by atoms with Gasteiger partial charge in [-0.05, 0) is 23.6 Å². The van der Waals surface area contributed by atoms with Crippen LogP contribution in [0.1, 0.15) is 35.6 Å². The average molecular weight is 350 g/mol. The molecule has 3 aromatic rings. The first-order valence-corrected chi connectivity index (χ1v) is 8.48. The maximum Gasteiger partial charge on any atom is 0.269 e. The molecule has 3 rings (SSSR count). The van der Waals surface area contributed by atoms with Crippen molar-refractivity contribution < 1.29 is 9.90 Å². The van der Waals surface area contributed by atoms with Crippen molar-refractivity contribution in [2.24, 2.45) is 5.92 Å². The maximum absolute atomic E-state index is 11.8. The second-order valence-corrected chi connectivity index (χ2v) is 6.44. The second kappa shape index (κ2) is 7.09. The second-order valence-electron chi connectivity index (χ2n) is 6.44. The molecule has 1 aromatic carbocycles. The number of nitrogens with one attached hydrogen (secondary N) is 2. The molecule has 6 nitrogen and oxygen atoms in total. The van der Waals surface area contributed by atoms with E-state index in [4.69, 9.17) is 0 Å². The Morgan fingerprint density at radius 2 is 1.92 bits per heavy atom. The lowest BCUT2D eigenvalue weighted by atomic mass is 9.80. The highest BCUT2D eigenvalue weighted by atomic mass is 16.3. The number of amides is 1. The summed E-state index contributed by atoms with van der Waals surface area (Å²) in [6.45, 7) is 3.91. The third-order valence-corrected chi connectivity index (χ3v) is 4.55. The van der Waals surface area contributed by atoms with Gasteiger partial charge in [-0.1, -0.05) is 44.2 Å². The zero-order valence-corrected chi connectivity index (χ0v) is 15.0. The molecule has 0 saturated heterocycles. The Hall–Kier alpha value is -2.99. The molecule has 26 heavy (non-hydrogen) atoms. The Kier molecular flexibility index (Phi) is 4.86. The number of aromatic nitrogens is 3. The van der Waals surface area contributed by atoms with Crippen LogP contribution >= 0.6 is 0 Å². The Balaban J connectivity index is 1.97. The number of aliphatic hydroxyl groups is 1. The van der Waals surface area contributed by atoms with Crippen molar-refractivity contribution in [2.75, 3.05) is 7.05 Å².